The third-order valence-electron chi connectivity index (χ3n) is 5.57. The summed E-state index contributed by atoms with van der Waals surface area (Å²) in [5.41, 5.74) is 3.83. The van der Waals surface area contributed by atoms with Crippen LogP contribution in [0.4, 0.5) is 0 Å². The van der Waals surface area contributed by atoms with Crippen LogP contribution in [-0.4, -0.2) is 68.9 Å². The number of hydrogen-bond donors (Lipinski definition) is 1. The molecule has 0 saturated carbocycles. The third-order valence-corrected chi connectivity index (χ3v) is 5.57. The van der Waals surface area contributed by atoms with E-state index in [0.717, 1.165) is 30.8 Å². The van der Waals surface area contributed by atoms with Crippen LogP contribution in [0.5, 0.6) is 0 Å². The van der Waals surface area contributed by atoms with E-state index < -0.39 is 0 Å². The van der Waals surface area contributed by atoms with E-state index in [0.29, 0.717) is 25.2 Å². The summed E-state index contributed by atoms with van der Waals surface area (Å²) in [5, 5.41) is 14.3. The Labute approximate surface area is 167 Å². The molecule has 0 radical (unpaired) electrons. The van der Waals surface area contributed by atoms with Crippen LogP contribution >= 0.6 is 0 Å². The number of hydrogen-bond acceptors (Lipinski definition) is 4. The highest BCUT2D eigenvalue weighted by atomic mass is 16.3. The van der Waals surface area contributed by atoms with Gasteiger partial charge in [0.15, 0.2) is 0 Å². The number of aliphatic hydroxyl groups excluding tert-OH is 1. The summed E-state index contributed by atoms with van der Waals surface area (Å²) in [6.07, 6.45) is 3.06. The Balaban J connectivity index is 1.80. The highest BCUT2D eigenvalue weighted by molar-refractivity contribution is 5.95. The van der Waals surface area contributed by atoms with Gasteiger partial charge in [-0.15, -0.1) is 0 Å². The molecular weight excluding hydrogens is 352 g/mol. The Bertz CT molecular complexity index is 797. The normalized spacial score (nSPS) is 19.0. The first kappa shape index (κ1) is 20.6. The summed E-state index contributed by atoms with van der Waals surface area (Å²) in [5.74, 6) is 0.0605. The van der Waals surface area contributed by atoms with Crippen LogP contribution in [0.25, 0.3) is 5.69 Å². The molecule has 1 amide bonds. The molecule has 28 heavy (non-hydrogen) atoms. The highest BCUT2D eigenvalue weighted by Crippen LogP contribution is 2.21. The summed E-state index contributed by atoms with van der Waals surface area (Å²) >= 11 is 0. The first-order valence-corrected chi connectivity index (χ1v) is 10.3. The van der Waals surface area contributed by atoms with E-state index in [1.54, 1.807) is 6.20 Å². The molecule has 1 saturated heterocycles. The second-order valence-corrected chi connectivity index (χ2v) is 7.76. The summed E-state index contributed by atoms with van der Waals surface area (Å²) < 4.78 is 1.88. The van der Waals surface area contributed by atoms with Gasteiger partial charge in [0.25, 0.3) is 5.91 Å². The molecule has 0 unspecified atom stereocenters. The highest BCUT2D eigenvalue weighted by Gasteiger charge is 2.31. The van der Waals surface area contributed by atoms with Crippen molar-refractivity contribution in [3.63, 3.8) is 0 Å². The first-order valence-electron chi connectivity index (χ1n) is 10.3. The fourth-order valence-electron chi connectivity index (χ4n) is 4.02. The molecule has 6 nitrogen and oxygen atoms in total. The molecule has 1 aliphatic rings. The number of aryl methyl sites for hydroxylation is 1. The van der Waals surface area contributed by atoms with Crippen molar-refractivity contribution in [3.8, 4) is 5.69 Å². The molecule has 6 heteroatoms. The van der Waals surface area contributed by atoms with Gasteiger partial charge in [0.2, 0.25) is 0 Å². The van der Waals surface area contributed by atoms with E-state index in [-0.39, 0.29) is 18.1 Å². The minimum atomic E-state index is -0.351. The summed E-state index contributed by atoms with van der Waals surface area (Å²) in [6.45, 7) is 10.9. The number of rotatable bonds is 6. The topological polar surface area (TPSA) is 61.6 Å². The van der Waals surface area contributed by atoms with Gasteiger partial charge < -0.3 is 10.0 Å². The van der Waals surface area contributed by atoms with Gasteiger partial charge in [-0.2, -0.15) is 5.10 Å². The van der Waals surface area contributed by atoms with Crippen LogP contribution in [0.2, 0.25) is 0 Å². The number of β-amino-alcohol motifs (C(OH)–C–C–N with tert-alkyl or cyclic N) is 1. The smallest absolute Gasteiger partial charge is 0.257 e. The SMILES string of the molecule is CCc1c(C(=O)N2CCN(C[C@H](C)O)[C@@H](CC)C2)cnn1-c1ccc(C)cc1. The summed E-state index contributed by atoms with van der Waals surface area (Å²) in [4.78, 5) is 17.5. The number of aliphatic hydroxyl groups is 1. The lowest BCUT2D eigenvalue weighted by Gasteiger charge is -2.41. The fraction of sp³-hybridized carbons (Fsp3) is 0.545. The van der Waals surface area contributed by atoms with E-state index in [1.165, 1.54) is 5.56 Å². The maximum absolute atomic E-state index is 13.3. The van der Waals surface area contributed by atoms with E-state index in [1.807, 2.05) is 28.6 Å². The number of aromatic nitrogens is 2. The third kappa shape index (κ3) is 4.28. The number of piperazine rings is 1. The maximum Gasteiger partial charge on any atom is 0.257 e. The molecule has 1 fully saturated rings. The van der Waals surface area contributed by atoms with Gasteiger partial charge in [-0.05, 0) is 38.8 Å². The average Bonchev–Trinajstić information content (AvgIpc) is 3.11. The molecule has 0 bridgehead atoms. The molecule has 152 valence electrons. The number of amides is 1. The monoisotopic (exact) mass is 384 g/mol. The zero-order chi connectivity index (χ0) is 20.3. The molecule has 1 N–H and O–H groups in total. The lowest BCUT2D eigenvalue weighted by molar-refractivity contribution is 0.0309. The van der Waals surface area contributed by atoms with E-state index in [9.17, 15) is 9.90 Å². The summed E-state index contributed by atoms with van der Waals surface area (Å²) in [6, 6.07) is 8.48. The molecule has 1 aromatic carbocycles. The van der Waals surface area contributed by atoms with Crippen molar-refractivity contribution in [2.75, 3.05) is 26.2 Å². The van der Waals surface area contributed by atoms with Gasteiger partial charge >= 0.3 is 0 Å². The van der Waals surface area contributed by atoms with Crippen LogP contribution in [0, 0.1) is 6.92 Å². The maximum atomic E-state index is 13.3. The van der Waals surface area contributed by atoms with E-state index in [2.05, 4.69) is 42.9 Å². The van der Waals surface area contributed by atoms with Crippen molar-refractivity contribution in [1.82, 2.24) is 19.6 Å². The van der Waals surface area contributed by atoms with Crippen LogP contribution in [-0.2, 0) is 6.42 Å². The van der Waals surface area contributed by atoms with Crippen LogP contribution in [0.15, 0.2) is 30.5 Å². The van der Waals surface area contributed by atoms with Crippen molar-refractivity contribution in [2.24, 2.45) is 0 Å². The second kappa shape index (κ2) is 8.88. The lowest BCUT2D eigenvalue weighted by Crippen LogP contribution is -2.55. The zero-order valence-corrected chi connectivity index (χ0v) is 17.4. The van der Waals surface area contributed by atoms with Crippen LogP contribution in [0.3, 0.4) is 0 Å². The average molecular weight is 385 g/mol. The molecule has 3 rings (SSSR count). The number of nitrogens with zero attached hydrogens (tertiary/aromatic N) is 4. The number of carbonyl (C=O) groups is 1. The Kier molecular flexibility index (Phi) is 6.52. The molecule has 1 aromatic heterocycles. The van der Waals surface area contributed by atoms with Gasteiger partial charge in [0.1, 0.15) is 0 Å². The Morgan fingerprint density at radius 2 is 1.96 bits per heavy atom. The zero-order valence-electron chi connectivity index (χ0n) is 17.4. The number of benzene rings is 1. The minimum absolute atomic E-state index is 0.0605. The predicted octanol–water partition coefficient (Wildman–Crippen LogP) is 2.66. The van der Waals surface area contributed by atoms with Gasteiger partial charge in [-0.3, -0.25) is 9.69 Å². The second-order valence-electron chi connectivity index (χ2n) is 7.76. The molecule has 0 aliphatic carbocycles. The molecule has 2 atom stereocenters. The van der Waals surface area contributed by atoms with Crippen LogP contribution in [0.1, 0.15) is 48.8 Å². The van der Waals surface area contributed by atoms with Crippen molar-refractivity contribution >= 4 is 5.91 Å². The molecule has 2 heterocycles. The Morgan fingerprint density at radius 3 is 2.57 bits per heavy atom. The fourth-order valence-corrected chi connectivity index (χ4v) is 4.02. The van der Waals surface area contributed by atoms with Crippen molar-refractivity contribution in [3.05, 3.63) is 47.3 Å². The first-order chi connectivity index (χ1) is 13.4. The molecule has 1 aliphatic heterocycles. The Morgan fingerprint density at radius 1 is 1.25 bits per heavy atom. The molecule has 0 spiro atoms. The van der Waals surface area contributed by atoms with Gasteiger partial charge in [0.05, 0.1) is 29.2 Å². The van der Waals surface area contributed by atoms with Crippen molar-refractivity contribution in [2.45, 2.75) is 52.7 Å². The van der Waals surface area contributed by atoms with E-state index >= 15 is 0 Å². The summed E-state index contributed by atoms with van der Waals surface area (Å²) in [7, 11) is 0. The van der Waals surface area contributed by atoms with Gasteiger partial charge in [0, 0.05) is 32.2 Å². The molecule has 2 aromatic rings. The number of carbonyl (C=O) groups excluding carboxylic acids is 1. The predicted molar refractivity (Wildman–Crippen MR) is 111 cm³/mol. The standard InChI is InChI=1S/C22H32N4O2/c1-5-18-15-25(12-11-24(18)14-17(4)27)22(28)20-13-23-26(21(20)6-2)19-9-7-16(3)8-10-19/h7-10,13,17-18,27H,5-6,11-12,14-15H2,1-4H3/t17-,18-/m0/s1. The Hall–Kier alpha value is -2.18. The van der Waals surface area contributed by atoms with Gasteiger partial charge in [-0.25, -0.2) is 4.68 Å². The van der Waals surface area contributed by atoms with Crippen molar-refractivity contribution < 1.29 is 9.90 Å². The minimum Gasteiger partial charge on any atom is -0.392 e. The van der Waals surface area contributed by atoms with Crippen molar-refractivity contribution in [1.29, 1.82) is 0 Å². The molecular formula is C22H32N4O2. The quantitative estimate of drug-likeness (QED) is 0.832. The van der Waals surface area contributed by atoms with E-state index in [4.69, 9.17) is 0 Å². The van der Waals surface area contributed by atoms with Gasteiger partial charge in [-0.1, -0.05) is 31.5 Å². The largest absolute Gasteiger partial charge is 0.392 e. The lowest BCUT2D eigenvalue weighted by atomic mass is 10.1. The van der Waals surface area contributed by atoms with Crippen LogP contribution < -0.4 is 0 Å².